The minimum Gasteiger partial charge on any atom is -0.325 e. The van der Waals surface area contributed by atoms with Crippen LogP contribution >= 0.6 is 0 Å². The van der Waals surface area contributed by atoms with Crippen LogP contribution in [0.4, 0.5) is 4.79 Å². The summed E-state index contributed by atoms with van der Waals surface area (Å²) < 4.78 is 0. The molecule has 0 aromatic heterocycles. The van der Waals surface area contributed by atoms with Gasteiger partial charge >= 0.3 is 6.03 Å². The van der Waals surface area contributed by atoms with Gasteiger partial charge in [0.1, 0.15) is 0 Å². The first-order valence-electron chi connectivity index (χ1n) is 5.37. The first-order chi connectivity index (χ1) is 7.27. The smallest absolute Gasteiger partial charge is 0.320 e. The summed E-state index contributed by atoms with van der Waals surface area (Å²) in [5.41, 5.74) is 2.74. The van der Waals surface area contributed by atoms with Gasteiger partial charge < -0.3 is 9.80 Å². The Kier molecular flexibility index (Phi) is 1.75. The van der Waals surface area contributed by atoms with Gasteiger partial charge in [-0.3, -0.25) is 0 Å². The highest BCUT2D eigenvalue weighted by Gasteiger charge is 2.38. The second kappa shape index (κ2) is 2.99. The number of carbonyl (C=O) groups excluding carboxylic acids is 1. The molecule has 0 radical (unpaired) electrons. The van der Waals surface area contributed by atoms with Crippen LogP contribution in [0.1, 0.15) is 17.2 Å². The molecule has 3 rings (SSSR count). The molecule has 3 nitrogen and oxygen atoms in total. The third-order valence-electron chi connectivity index (χ3n) is 3.43. The Labute approximate surface area is 89.3 Å². The van der Waals surface area contributed by atoms with E-state index in [9.17, 15) is 4.79 Å². The predicted molar refractivity (Wildman–Crippen MR) is 57.6 cm³/mol. The number of rotatable bonds is 0. The van der Waals surface area contributed by atoms with Crippen molar-refractivity contribution in [2.75, 3.05) is 20.1 Å². The van der Waals surface area contributed by atoms with Gasteiger partial charge in [0.2, 0.25) is 0 Å². The molecule has 1 unspecified atom stereocenters. The Morgan fingerprint density at radius 2 is 2.13 bits per heavy atom. The number of amides is 2. The van der Waals surface area contributed by atoms with Gasteiger partial charge in [-0.05, 0) is 17.5 Å². The van der Waals surface area contributed by atoms with E-state index in [-0.39, 0.29) is 12.1 Å². The summed E-state index contributed by atoms with van der Waals surface area (Å²) in [6, 6.07) is 8.93. The van der Waals surface area contributed by atoms with Crippen LogP contribution in [0, 0.1) is 0 Å². The predicted octanol–water partition coefficient (Wildman–Crippen LogP) is 1.65. The van der Waals surface area contributed by atoms with Crippen molar-refractivity contribution in [2.45, 2.75) is 12.5 Å². The lowest BCUT2D eigenvalue weighted by atomic mass is 9.94. The summed E-state index contributed by atoms with van der Waals surface area (Å²) in [7, 11) is 1.88. The minimum absolute atomic E-state index is 0.175. The Hall–Kier alpha value is -1.51. The molecular formula is C12H14N2O. The molecule has 0 spiro atoms. The van der Waals surface area contributed by atoms with Crippen LogP contribution < -0.4 is 0 Å². The third kappa shape index (κ3) is 1.16. The fraction of sp³-hybridized carbons (Fsp3) is 0.417. The average molecular weight is 202 g/mol. The number of urea groups is 1. The molecule has 0 aliphatic carbocycles. The fourth-order valence-corrected chi connectivity index (χ4v) is 2.63. The summed E-state index contributed by atoms with van der Waals surface area (Å²) in [4.78, 5) is 15.6. The number of fused-ring (bicyclic) bond motifs is 3. The molecule has 0 saturated carbocycles. The van der Waals surface area contributed by atoms with Crippen LogP contribution in [0.3, 0.4) is 0 Å². The molecular weight excluding hydrogens is 188 g/mol. The van der Waals surface area contributed by atoms with E-state index in [0.717, 1.165) is 19.5 Å². The van der Waals surface area contributed by atoms with Crippen molar-refractivity contribution in [1.29, 1.82) is 0 Å². The van der Waals surface area contributed by atoms with Crippen LogP contribution in [0.2, 0.25) is 0 Å². The molecule has 1 atom stereocenters. The van der Waals surface area contributed by atoms with Crippen LogP contribution in [0.25, 0.3) is 0 Å². The fourth-order valence-electron chi connectivity index (χ4n) is 2.63. The molecule has 2 aliphatic rings. The van der Waals surface area contributed by atoms with Gasteiger partial charge in [-0.15, -0.1) is 0 Å². The maximum Gasteiger partial charge on any atom is 0.320 e. The van der Waals surface area contributed by atoms with Gasteiger partial charge in [-0.1, -0.05) is 24.3 Å². The normalized spacial score (nSPS) is 24.1. The molecule has 0 bridgehead atoms. The Balaban J connectivity index is 2.05. The molecule has 0 N–H and O–H groups in total. The van der Waals surface area contributed by atoms with Crippen molar-refractivity contribution in [3.63, 3.8) is 0 Å². The quantitative estimate of drug-likeness (QED) is 0.627. The van der Waals surface area contributed by atoms with Crippen molar-refractivity contribution >= 4 is 6.03 Å². The molecule has 2 amide bonds. The number of likely N-dealkylation sites (N-methyl/N-ethyl adjacent to an activating group) is 1. The molecule has 1 fully saturated rings. The number of hydrogen-bond donors (Lipinski definition) is 0. The first-order valence-corrected chi connectivity index (χ1v) is 5.37. The van der Waals surface area contributed by atoms with Gasteiger partial charge in [0.25, 0.3) is 0 Å². The highest BCUT2D eigenvalue weighted by Crippen LogP contribution is 2.34. The van der Waals surface area contributed by atoms with Crippen molar-refractivity contribution < 1.29 is 4.79 Å². The van der Waals surface area contributed by atoms with Crippen molar-refractivity contribution in [3.8, 4) is 0 Å². The number of benzene rings is 1. The maximum absolute atomic E-state index is 11.8. The standard InChI is InChI=1S/C12H14N2O/c1-13-8-11-10-5-3-2-4-9(10)6-7-14(11)12(13)15/h2-5,11H,6-8H2,1H3. The Morgan fingerprint density at radius 1 is 1.33 bits per heavy atom. The van der Waals surface area contributed by atoms with Crippen LogP contribution in [0.5, 0.6) is 0 Å². The van der Waals surface area contributed by atoms with E-state index in [0.29, 0.717) is 0 Å². The van der Waals surface area contributed by atoms with Gasteiger partial charge in [0.05, 0.1) is 6.04 Å². The SMILES string of the molecule is CN1CC2c3ccccc3CCN2C1=O. The average Bonchev–Trinajstić information content (AvgIpc) is 2.56. The number of nitrogens with zero attached hydrogens (tertiary/aromatic N) is 2. The van der Waals surface area contributed by atoms with Crippen molar-refractivity contribution in [3.05, 3.63) is 35.4 Å². The minimum atomic E-state index is 0.175. The van der Waals surface area contributed by atoms with Gasteiger partial charge in [0.15, 0.2) is 0 Å². The summed E-state index contributed by atoms with van der Waals surface area (Å²) in [6.45, 7) is 1.70. The Bertz CT molecular complexity index is 416. The topological polar surface area (TPSA) is 23.6 Å². The Morgan fingerprint density at radius 3 is 3.00 bits per heavy atom. The number of carbonyl (C=O) groups is 1. The molecule has 1 aromatic carbocycles. The van der Waals surface area contributed by atoms with E-state index in [1.54, 1.807) is 0 Å². The zero-order valence-corrected chi connectivity index (χ0v) is 8.81. The molecule has 3 heteroatoms. The van der Waals surface area contributed by atoms with E-state index in [1.165, 1.54) is 11.1 Å². The van der Waals surface area contributed by atoms with E-state index >= 15 is 0 Å². The van der Waals surface area contributed by atoms with Gasteiger partial charge in [-0.25, -0.2) is 4.79 Å². The zero-order valence-electron chi connectivity index (χ0n) is 8.81. The largest absolute Gasteiger partial charge is 0.325 e. The second-order valence-electron chi connectivity index (χ2n) is 4.32. The van der Waals surface area contributed by atoms with Crippen molar-refractivity contribution in [1.82, 2.24) is 9.80 Å². The second-order valence-corrected chi connectivity index (χ2v) is 4.32. The van der Waals surface area contributed by atoms with E-state index in [4.69, 9.17) is 0 Å². The highest BCUT2D eigenvalue weighted by molar-refractivity contribution is 5.77. The summed E-state index contributed by atoms with van der Waals surface area (Å²) in [5, 5.41) is 0. The number of hydrogen-bond acceptors (Lipinski definition) is 1. The molecule has 2 aliphatic heterocycles. The zero-order chi connectivity index (χ0) is 10.4. The summed E-state index contributed by atoms with van der Waals surface area (Å²) >= 11 is 0. The van der Waals surface area contributed by atoms with Crippen LogP contribution in [-0.2, 0) is 6.42 Å². The van der Waals surface area contributed by atoms with Gasteiger partial charge in [0, 0.05) is 20.1 Å². The maximum atomic E-state index is 11.8. The third-order valence-corrected chi connectivity index (χ3v) is 3.43. The molecule has 1 saturated heterocycles. The molecule has 15 heavy (non-hydrogen) atoms. The first kappa shape index (κ1) is 8.77. The lowest BCUT2D eigenvalue weighted by Crippen LogP contribution is -2.35. The lowest BCUT2D eigenvalue weighted by Gasteiger charge is -2.30. The van der Waals surface area contributed by atoms with Crippen molar-refractivity contribution in [2.24, 2.45) is 0 Å². The lowest BCUT2D eigenvalue weighted by molar-refractivity contribution is 0.189. The van der Waals surface area contributed by atoms with Gasteiger partial charge in [-0.2, -0.15) is 0 Å². The summed E-state index contributed by atoms with van der Waals surface area (Å²) in [5.74, 6) is 0. The summed E-state index contributed by atoms with van der Waals surface area (Å²) in [6.07, 6.45) is 0.992. The van der Waals surface area contributed by atoms with E-state index < -0.39 is 0 Å². The van der Waals surface area contributed by atoms with E-state index in [1.807, 2.05) is 16.8 Å². The van der Waals surface area contributed by atoms with Crippen LogP contribution in [0.15, 0.2) is 24.3 Å². The van der Waals surface area contributed by atoms with E-state index in [2.05, 4.69) is 24.3 Å². The van der Waals surface area contributed by atoms with Crippen LogP contribution in [-0.4, -0.2) is 36.0 Å². The highest BCUT2D eigenvalue weighted by atomic mass is 16.2. The molecule has 2 heterocycles. The molecule has 1 aromatic rings. The molecule has 78 valence electrons. The monoisotopic (exact) mass is 202 g/mol.